The number of anilines is 2. The summed E-state index contributed by atoms with van der Waals surface area (Å²) in [5.41, 5.74) is 2.88. The first-order chi connectivity index (χ1) is 20.5. The lowest BCUT2D eigenvalue weighted by atomic mass is 10.1. The minimum atomic E-state index is -0.490. The highest BCUT2D eigenvalue weighted by molar-refractivity contribution is 8.00. The molecule has 2 aliphatic heterocycles. The molecule has 0 saturated carbocycles. The van der Waals surface area contributed by atoms with Crippen molar-refractivity contribution in [2.24, 2.45) is 0 Å². The second kappa shape index (κ2) is 12.3. The lowest BCUT2D eigenvalue weighted by Gasteiger charge is -2.29. The Kier molecular flexibility index (Phi) is 8.20. The van der Waals surface area contributed by atoms with Crippen LogP contribution in [0.5, 0.6) is 17.2 Å². The molecule has 2 aliphatic rings. The van der Waals surface area contributed by atoms with E-state index in [9.17, 15) is 9.59 Å². The maximum Gasteiger partial charge on any atom is 0.262 e. The van der Waals surface area contributed by atoms with Crippen LogP contribution in [0.1, 0.15) is 18.9 Å². The van der Waals surface area contributed by atoms with Crippen LogP contribution in [0, 0.1) is 0 Å². The molecule has 10 nitrogen and oxygen atoms in total. The van der Waals surface area contributed by atoms with Gasteiger partial charge in [-0.15, -0.1) is 0 Å². The molecule has 0 aliphatic carbocycles. The van der Waals surface area contributed by atoms with Crippen molar-refractivity contribution in [3.63, 3.8) is 0 Å². The van der Waals surface area contributed by atoms with Gasteiger partial charge in [0.2, 0.25) is 12.7 Å². The zero-order chi connectivity index (χ0) is 29.1. The van der Waals surface area contributed by atoms with Gasteiger partial charge in [-0.1, -0.05) is 30.8 Å². The number of ether oxygens (including phenoxy) is 4. The number of rotatable bonds is 9. The Balaban J connectivity index is 1.36. The Morgan fingerprint density at radius 1 is 1.07 bits per heavy atom. The van der Waals surface area contributed by atoms with Crippen molar-refractivity contribution < 1.29 is 23.7 Å². The average molecular weight is 589 g/mol. The Labute approximate surface area is 247 Å². The van der Waals surface area contributed by atoms with E-state index in [-0.39, 0.29) is 24.8 Å². The highest BCUT2D eigenvalue weighted by atomic mass is 32.2. The molecular weight excluding hydrogens is 556 g/mol. The minimum Gasteiger partial charge on any atom is -0.497 e. The summed E-state index contributed by atoms with van der Waals surface area (Å²) in [6.45, 7) is 5.20. The van der Waals surface area contributed by atoms with Gasteiger partial charge in [-0.3, -0.25) is 14.2 Å². The SMILES string of the molecule is CCC(Sc1nc2ccc(N3CCOCC3)cc2c(=O)n1Cc1ccc2c(c1)OCO2)C(=O)Nc1cccc(OC)c1. The molecule has 1 fully saturated rings. The smallest absolute Gasteiger partial charge is 0.262 e. The molecule has 4 aromatic rings. The molecule has 1 unspecified atom stereocenters. The summed E-state index contributed by atoms with van der Waals surface area (Å²) in [4.78, 5) is 34.6. The molecule has 1 aromatic heterocycles. The summed E-state index contributed by atoms with van der Waals surface area (Å²) < 4.78 is 23.5. The van der Waals surface area contributed by atoms with Crippen LogP contribution in [-0.2, 0) is 16.1 Å². The van der Waals surface area contributed by atoms with Gasteiger partial charge < -0.3 is 29.2 Å². The summed E-state index contributed by atoms with van der Waals surface area (Å²) in [5.74, 6) is 1.79. The summed E-state index contributed by atoms with van der Waals surface area (Å²) >= 11 is 1.28. The van der Waals surface area contributed by atoms with Crippen LogP contribution in [0.2, 0.25) is 0 Å². The number of carbonyl (C=O) groups is 1. The van der Waals surface area contributed by atoms with Gasteiger partial charge in [0.1, 0.15) is 5.75 Å². The fourth-order valence-corrected chi connectivity index (χ4v) is 6.04. The summed E-state index contributed by atoms with van der Waals surface area (Å²) in [6, 6.07) is 18.6. The molecule has 6 rings (SSSR count). The monoisotopic (exact) mass is 588 g/mol. The third-order valence-electron chi connectivity index (χ3n) is 7.30. The van der Waals surface area contributed by atoms with Gasteiger partial charge in [-0.05, 0) is 54.4 Å². The maximum absolute atomic E-state index is 14.1. The number of hydrogen-bond donors (Lipinski definition) is 1. The Morgan fingerprint density at radius 3 is 2.71 bits per heavy atom. The van der Waals surface area contributed by atoms with Crippen LogP contribution in [0.25, 0.3) is 10.9 Å². The van der Waals surface area contributed by atoms with Gasteiger partial charge in [0.25, 0.3) is 5.56 Å². The Morgan fingerprint density at radius 2 is 1.90 bits per heavy atom. The van der Waals surface area contributed by atoms with E-state index in [4.69, 9.17) is 23.9 Å². The summed E-state index contributed by atoms with van der Waals surface area (Å²) in [5, 5.41) is 3.49. The molecule has 0 radical (unpaired) electrons. The fraction of sp³-hybridized carbons (Fsp3) is 0.323. The standard InChI is InChI=1S/C31H32N4O6S/c1-3-28(29(36)32-21-5-4-6-23(16-21)38-2)42-31-33-25-9-8-22(34-11-13-39-14-12-34)17-24(25)30(37)35(31)18-20-7-10-26-27(15-20)41-19-40-26/h4-10,15-17,28H,3,11-14,18-19H2,1-2H3,(H,32,36). The lowest BCUT2D eigenvalue weighted by Crippen LogP contribution is -2.36. The predicted molar refractivity (Wildman–Crippen MR) is 162 cm³/mol. The normalized spacial score (nSPS) is 15.0. The summed E-state index contributed by atoms with van der Waals surface area (Å²) in [6.07, 6.45) is 0.536. The number of morpholine rings is 1. The van der Waals surface area contributed by atoms with Crippen molar-refractivity contribution >= 4 is 39.9 Å². The Bertz CT molecular complexity index is 1670. The van der Waals surface area contributed by atoms with Gasteiger partial charge in [0.05, 0.1) is 43.0 Å². The largest absolute Gasteiger partial charge is 0.497 e. The van der Waals surface area contributed by atoms with Crippen LogP contribution in [-0.4, -0.2) is 60.9 Å². The van der Waals surface area contributed by atoms with E-state index < -0.39 is 5.25 Å². The van der Waals surface area contributed by atoms with E-state index >= 15 is 0 Å². The molecule has 11 heteroatoms. The number of nitrogens with zero attached hydrogens (tertiary/aromatic N) is 3. The predicted octanol–water partition coefficient (Wildman–Crippen LogP) is 4.53. The number of methoxy groups -OCH3 is 1. The van der Waals surface area contributed by atoms with E-state index in [2.05, 4.69) is 10.2 Å². The van der Waals surface area contributed by atoms with Crippen LogP contribution in [0.15, 0.2) is 70.6 Å². The molecule has 1 amide bonds. The number of carbonyl (C=O) groups excluding carboxylic acids is 1. The van der Waals surface area contributed by atoms with Crippen molar-refractivity contribution in [2.45, 2.75) is 30.3 Å². The Hall–Kier alpha value is -4.22. The molecule has 218 valence electrons. The quantitative estimate of drug-likeness (QED) is 0.223. The van der Waals surface area contributed by atoms with Crippen LogP contribution in [0.4, 0.5) is 11.4 Å². The fourth-order valence-electron chi connectivity index (χ4n) is 5.03. The zero-order valence-corrected chi connectivity index (χ0v) is 24.3. The highest BCUT2D eigenvalue weighted by Crippen LogP contribution is 2.34. The molecule has 3 aromatic carbocycles. The molecule has 0 spiro atoms. The highest BCUT2D eigenvalue weighted by Gasteiger charge is 2.24. The molecule has 1 atom stereocenters. The first-order valence-corrected chi connectivity index (χ1v) is 14.8. The second-order valence-electron chi connectivity index (χ2n) is 10.0. The number of amides is 1. The van der Waals surface area contributed by atoms with E-state index in [1.54, 1.807) is 17.7 Å². The van der Waals surface area contributed by atoms with Gasteiger partial charge in [-0.2, -0.15) is 0 Å². The second-order valence-corrected chi connectivity index (χ2v) is 11.2. The van der Waals surface area contributed by atoms with Gasteiger partial charge >= 0.3 is 0 Å². The number of benzene rings is 3. The van der Waals surface area contributed by atoms with Crippen molar-refractivity contribution in [3.8, 4) is 17.2 Å². The lowest BCUT2D eigenvalue weighted by molar-refractivity contribution is -0.115. The van der Waals surface area contributed by atoms with Crippen LogP contribution in [0.3, 0.4) is 0 Å². The first kappa shape index (κ1) is 27.9. The third-order valence-corrected chi connectivity index (χ3v) is 8.66. The van der Waals surface area contributed by atoms with Gasteiger partial charge in [0.15, 0.2) is 16.7 Å². The number of aromatic nitrogens is 2. The van der Waals surface area contributed by atoms with Crippen LogP contribution >= 0.6 is 11.8 Å². The van der Waals surface area contributed by atoms with E-state index in [0.717, 1.165) is 24.3 Å². The van der Waals surface area contributed by atoms with Crippen molar-refractivity contribution in [1.82, 2.24) is 9.55 Å². The summed E-state index contributed by atoms with van der Waals surface area (Å²) in [7, 11) is 1.58. The van der Waals surface area contributed by atoms with E-state index in [1.807, 2.05) is 61.5 Å². The van der Waals surface area contributed by atoms with Crippen molar-refractivity contribution in [3.05, 3.63) is 76.6 Å². The topological polar surface area (TPSA) is 104 Å². The van der Waals surface area contributed by atoms with E-state index in [1.165, 1.54) is 11.8 Å². The number of hydrogen-bond acceptors (Lipinski definition) is 9. The zero-order valence-electron chi connectivity index (χ0n) is 23.5. The molecular formula is C31H32N4O6S. The van der Waals surface area contributed by atoms with Crippen LogP contribution < -0.4 is 30.0 Å². The number of nitrogens with one attached hydrogen (secondary N) is 1. The van der Waals surface area contributed by atoms with Gasteiger partial charge in [-0.25, -0.2) is 4.98 Å². The molecule has 1 N–H and O–H groups in total. The molecule has 42 heavy (non-hydrogen) atoms. The van der Waals surface area contributed by atoms with Gasteiger partial charge in [0, 0.05) is 30.5 Å². The minimum absolute atomic E-state index is 0.168. The molecule has 3 heterocycles. The van der Waals surface area contributed by atoms with Crippen molar-refractivity contribution in [1.29, 1.82) is 0 Å². The van der Waals surface area contributed by atoms with E-state index in [0.29, 0.717) is 58.6 Å². The number of fused-ring (bicyclic) bond motifs is 2. The first-order valence-electron chi connectivity index (χ1n) is 13.9. The molecule has 1 saturated heterocycles. The van der Waals surface area contributed by atoms with Crippen molar-refractivity contribution in [2.75, 3.05) is 50.4 Å². The average Bonchev–Trinajstić information content (AvgIpc) is 3.50. The number of thioether (sulfide) groups is 1. The third kappa shape index (κ3) is 5.88. The maximum atomic E-state index is 14.1. The molecule has 0 bridgehead atoms.